The number of rotatable bonds is 8. The van der Waals surface area contributed by atoms with Gasteiger partial charge in [0.05, 0.1) is 29.6 Å². The highest BCUT2D eigenvalue weighted by atomic mass is 35.5. The molecule has 2 unspecified atom stereocenters. The van der Waals surface area contributed by atoms with Gasteiger partial charge in [-0.25, -0.2) is 14.4 Å². The fraction of sp³-hybridized carbons (Fsp3) is 0.379. The Hall–Kier alpha value is -3.60. The number of benzene rings is 2. The molecule has 9 nitrogen and oxygen atoms in total. The van der Waals surface area contributed by atoms with Crippen molar-refractivity contribution in [2.75, 3.05) is 25.1 Å². The molecular formula is C29H31ClFN5O4. The summed E-state index contributed by atoms with van der Waals surface area (Å²) >= 11 is 6.45. The Morgan fingerprint density at radius 2 is 2.02 bits per heavy atom. The minimum Gasteiger partial charge on any atom is -0.394 e. The van der Waals surface area contributed by atoms with Crippen molar-refractivity contribution in [2.45, 2.75) is 51.4 Å². The molecule has 1 fully saturated rings. The van der Waals surface area contributed by atoms with Crippen molar-refractivity contribution in [2.24, 2.45) is 0 Å². The van der Waals surface area contributed by atoms with E-state index in [2.05, 4.69) is 20.6 Å². The van der Waals surface area contributed by atoms with Crippen LogP contribution in [0.5, 0.6) is 0 Å². The van der Waals surface area contributed by atoms with Crippen molar-refractivity contribution < 1.29 is 23.8 Å². The molecular weight excluding hydrogens is 537 g/mol. The highest BCUT2D eigenvalue weighted by molar-refractivity contribution is 6.33. The lowest BCUT2D eigenvalue weighted by atomic mass is 10.0. The number of ether oxygens (including phenoxy) is 1. The zero-order valence-corrected chi connectivity index (χ0v) is 23.0. The molecule has 2 amide bonds. The molecule has 5 rings (SSSR count). The van der Waals surface area contributed by atoms with E-state index in [1.165, 1.54) is 17.0 Å². The van der Waals surface area contributed by atoms with Gasteiger partial charge in [-0.1, -0.05) is 35.9 Å². The van der Waals surface area contributed by atoms with Crippen LogP contribution in [-0.4, -0.2) is 63.7 Å². The summed E-state index contributed by atoms with van der Waals surface area (Å²) in [7, 11) is 0. The summed E-state index contributed by atoms with van der Waals surface area (Å²) in [5.74, 6) is -0.622. The van der Waals surface area contributed by atoms with E-state index in [4.69, 9.17) is 16.3 Å². The lowest BCUT2D eigenvalue weighted by Crippen LogP contribution is -2.46. The van der Waals surface area contributed by atoms with Crippen molar-refractivity contribution >= 4 is 29.4 Å². The summed E-state index contributed by atoms with van der Waals surface area (Å²) in [4.78, 5) is 36.9. The first kappa shape index (κ1) is 27.9. The maximum absolute atomic E-state index is 13.7. The van der Waals surface area contributed by atoms with E-state index in [-0.39, 0.29) is 30.9 Å². The van der Waals surface area contributed by atoms with E-state index in [1.807, 2.05) is 12.1 Å². The van der Waals surface area contributed by atoms with E-state index in [9.17, 15) is 19.1 Å². The average molecular weight is 568 g/mol. The number of aryl methyl sites for hydroxylation is 1. The zero-order valence-electron chi connectivity index (χ0n) is 22.3. The third-order valence-corrected chi connectivity index (χ3v) is 7.72. The number of fused-ring (bicyclic) bond motifs is 1. The number of hydrogen-bond acceptors (Lipinski definition) is 7. The van der Waals surface area contributed by atoms with Crippen LogP contribution in [0.15, 0.2) is 42.6 Å². The van der Waals surface area contributed by atoms with Crippen LogP contribution >= 0.6 is 11.6 Å². The second-order valence-corrected chi connectivity index (χ2v) is 10.6. The summed E-state index contributed by atoms with van der Waals surface area (Å²) in [6, 6.07) is 8.52. The number of nitrogens with zero attached hydrogens (tertiary/aromatic N) is 3. The average Bonchev–Trinajstić information content (AvgIpc) is 3.29. The number of halogens is 2. The van der Waals surface area contributed by atoms with Crippen molar-refractivity contribution in [3.8, 4) is 11.3 Å². The van der Waals surface area contributed by atoms with E-state index in [0.717, 1.165) is 18.4 Å². The molecule has 0 radical (unpaired) electrons. The van der Waals surface area contributed by atoms with Gasteiger partial charge in [-0.3, -0.25) is 9.59 Å². The molecule has 0 bridgehead atoms. The molecule has 0 spiro atoms. The van der Waals surface area contributed by atoms with Crippen LogP contribution in [0.25, 0.3) is 11.3 Å². The monoisotopic (exact) mass is 567 g/mol. The highest BCUT2D eigenvalue weighted by Gasteiger charge is 2.35. The van der Waals surface area contributed by atoms with Gasteiger partial charge in [-0.15, -0.1) is 0 Å². The fourth-order valence-electron chi connectivity index (χ4n) is 5.00. The minimum atomic E-state index is -0.808. The van der Waals surface area contributed by atoms with E-state index in [0.29, 0.717) is 52.1 Å². The van der Waals surface area contributed by atoms with Gasteiger partial charge in [0.25, 0.3) is 5.91 Å². The zero-order chi connectivity index (χ0) is 28.4. The number of anilines is 1. The number of carbonyl (C=O) groups is 2. The maximum Gasteiger partial charge on any atom is 0.255 e. The molecule has 40 heavy (non-hydrogen) atoms. The largest absolute Gasteiger partial charge is 0.394 e. The lowest BCUT2D eigenvalue weighted by molar-refractivity contribution is -0.126. The van der Waals surface area contributed by atoms with E-state index >= 15 is 0 Å². The summed E-state index contributed by atoms with van der Waals surface area (Å²) < 4.78 is 19.1. The molecule has 210 valence electrons. The molecule has 11 heteroatoms. The fourth-order valence-corrected chi connectivity index (χ4v) is 5.20. The topological polar surface area (TPSA) is 117 Å². The molecule has 3 N–H and O–H groups in total. The number of aliphatic hydroxyl groups excluding tert-OH is 1. The molecule has 2 aromatic carbocycles. The molecule has 1 aromatic heterocycles. The van der Waals surface area contributed by atoms with Crippen LogP contribution in [0.4, 0.5) is 10.3 Å². The Morgan fingerprint density at radius 1 is 1.25 bits per heavy atom. The summed E-state index contributed by atoms with van der Waals surface area (Å²) in [5, 5.41) is 16.4. The molecule has 1 saturated heterocycles. The standard InChI is InChI=1S/C29H31ClFN5O4/c1-16-11-18(5-6-24(16)31)25(15-37)34-27(38)17(2)36-14-20-4-3-19(12-22(20)28(36)39)26-23(30)13-32-29(35-26)33-21-7-9-40-10-8-21/h3-6,11-13,17,21,25,37H,7-10,14-15H2,1-2H3,(H,34,38)(H,32,33,35). The van der Waals surface area contributed by atoms with Crippen molar-refractivity contribution in [1.82, 2.24) is 20.2 Å². The van der Waals surface area contributed by atoms with Gasteiger partial charge in [0.1, 0.15) is 11.9 Å². The smallest absolute Gasteiger partial charge is 0.255 e. The molecule has 0 saturated carbocycles. The van der Waals surface area contributed by atoms with Crippen LogP contribution < -0.4 is 10.6 Å². The summed E-state index contributed by atoms with van der Waals surface area (Å²) in [6.45, 7) is 4.52. The number of carbonyl (C=O) groups excluding carboxylic acids is 2. The van der Waals surface area contributed by atoms with E-state index < -0.39 is 18.0 Å². The van der Waals surface area contributed by atoms with Gasteiger partial charge in [-0.05, 0) is 55.5 Å². The number of amides is 2. The SMILES string of the molecule is Cc1cc(C(CO)NC(=O)C(C)N2Cc3ccc(-c4nc(NC5CCOCC5)ncc4Cl)cc3C2=O)ccc1F. The first-order chi connectivity index (χ1) is 19.2. The Kier molecular flexibility index (Phi) is 8.30. The number of aliphatic hydroxyl groups is 1. The van der Waals surface area contributed by atoms with Gasteiger partial charge in [0, 0.05) is 36.9 Å². The predicted octanol–water partition coefficient (Wildman–Crippen LogP) is 4.03. The van der Waals surface area contributed by atoms with Crippen LogP contribution in [0.3, 0.4) is 0 Å². The Bertz CT molecular complexity index is 1430. The van der Waals surface area contributed by atoms with Gasteiger partial charge >= 0.3 is 0 Å². The Labute approximate surface area is 236 Å². The molecule has 2 aliphatic heterocycles. The van der Waals surface area contributed by atoms with Crippen molar-refractivity contribution in [3.05, 3.63) is 75.7 Å². The Morgan fingerprint density at radius 3 is 2.75 bits per heavy atom. The number of aromatic nitrogens is 2. The van der Waals surface area contributed by atoms with Crippen LogP contribution in [0, 0.1) is 12.7 Å². The first-order valence-electron chi connectivity index (χ1n) is 13.2. The van der Waals surface area contributed by atoms with Crippen LogP contribution in [-0.2, 0) is 16.1 Å². The highest BCUT2D eigenvalue weighted by Crippen LogP contribution is 2.32. The maximum atomic E-state index is 13.7. The van der Waals surface area contributed by atoms with Gasteiger partial charge < -0.3 is 25.4 Å². The van der Waals surface area contributed by atoms with Crippen LogP contribution in [0.1, 0.15) is 52.9 Å². The third kappa shape index (κ3) is 5.79. The Balaban J connectivity index is 1.31. The minimum absolute atomic E-state index is 0.211. The normalized spacial score (nSPS) is 16.9. The lowest BCUT2D eigenvalue weighted by Gasteiger charge is -2.26. The van der Waals surface area contributed by atoms with Gasteiger partial charge in [-0.2, -0.15) is 0 Å². The first-order valence-corrected chi connectivity index (χ1v) is 13.6. The van der Waals surface area contributed by atoms with Gasteiger partial charge in [0.15, 0.2) is 0 Å². The second kappa shape index (κ2) is 11.9. The summed E-state index contributed by atoms with van der Waals surface area (Å²) in [6.07, 6.45) is 3.26. The second-order valence-electron chi connectivity index (χ2n) is 10.2. The van der Waals surface area contributed by atoms with E-state index in [1.54, 1.807) is 32.2 Å². The molecule has 2 aliphatic rings. The summed E-state index contributed by atoms with van der Waals surface area (Å²) in [5.41, 5.74) is 3.42. The molecule has 0 aliphatic carbocycles. The van der Waals surface area contributed by atoms with Crippen molar-refractivity contribution in [1.29, 1.82) is 0 Å². The third-order valence-electron chi connectivity index (χ3n) is 7.44. The van der Waals surface area contributed by atoms with Crippen molar-refractivity contribution in [3.63, 3.8) is 0 Å². The molecule has 3 heterocycles. The van der Waals surface area contributed by atoms with Gasteiger partial charge in [0.2, 0.25) is 11.9 Å². The quantitative estimate of drug-likeness (QED) is 0.376. The molecule has 2 atom stereocenters. The predicted molar refractivity (Wildman–Crippen MR) is 148 cm³/mol. The number of hydrogen-bond donors (Lipinski definition) is 3. The number of nitrogens with one attached hydrogen (secondary N) is 2. The van der Waals surface area contributed by atoms with Crippen LogP contribution in [0.2, 0.25) is 5.02 Å². The molecule has 3 aromatic rings.